The van der Waals surface area contributed by atoms with Crippen LogP contribution in [-0.4, -0.2) is 67.3 Å². The predicted molar refractivity (Wildman–Crippen MR) is 95.7 cm³/mol. The largest absolute Gasteiger partial charge is 0.480 e. The first-order valence-corrected chi connectivity index (χ1v) is 8.68. The quantitative estimate of drug-likeness (QED) is 0.578. The zero-order chi connectivity index (χ0) is 18.1. The molecule has 0 saturated carbocycles. The number of aliphatic carboxylic acids is 1. The molecule has 1 fully saturated rings. The lowest BCUT2D eigenvalue weighted by Gasteiger charge is -2.26. The smallest absolute Gasteiger partial charge is 0.321 e. The number of carbonyl (C=O) groups is 2. The average molecular weight is 349 g/mol. The molecule has 1 heterocycles. The number of carbonyl (C=O) groups excluding carboxylic acids is 1. The van der Waals surface area contributed by atoms with Crippen LogP contribution in [0, 0.1) is 6.92 Å². The monoisotopic (exact) mass is 349 g/mol. The van der Waals surface area contributed by atoms with Gasteiger partial charge < -0.3 is 20.5 Å². The van der Waals surface area contributed by atoms with Gasteiger partial charge in [-0.1, -0.05) is 18.2 Å². The normalized spacial score (nSPS) is 16.4. The molecule has 1 aliphatic rings. The van der Waals surface area contributed by atoms with Crippen LogP contribution in [0.4, 0.5) is 5.69 Å². The molecule has 7 nitrogen and oxygen atoms in total. The second-order valence-electron chi connectivity index (χ2n) is 6.22. The first-order chi connectivity index (χ1) is 12.1. The van der Waals surface area contributed by atoms with Gasteiger partial charge in [0.15, 0.2) is 0 Å². The van der Waals surface area contributed by atoms with Crippen molar-refractivity contribution in [1.29, 1.82) is 0 Å². The molecule has 25 heavy (non-hydrogen) atoms. The number of rotatable bonds is 9. The standard InChI is InChI=1S/C18H27N3O4/c1-14-5-2-3-6-15(14)20-17(22)13-16(18(23)24)19-7-4-8-21-9-11-25-12-10-21/h2-3,5-6,16,19H,4,7-13H2,1H3,(H,20,22)(H,23,24)/t16-/m0/s1. The number of carboxylic acids is 1. The van der Waals surface area contributed by atoms with Gasteiger partial charge in [0, 0.05) is 18.8 Å². The average Bonchev–Trinajstić information content (AvgIpc) is 2.60. The van der Waals surface area contributed by atoms with Gasteiger partial charge in [0.05, 0.1) is 19.6 Å². The van der Waals surface area contributed by atoms with Crippen LogP contribution in [0.3, 0.4) is 0 Å². The van der Waals surface area contributed by atoms with E-state index in [1.54, 1.807) is 6.07 Å². The number of nitrogens with one attached hydrogen (secondary N) is 2. The molecule has 1 aliphatic heterocycles. The molecule has 1 saturated heterocycles. The van der Waals surface area contributed by atoms with Crippen molar-refractivity contribution in [3.05, 3.63) is 29.8 Å². The molecular weight excluding hydrogens is 322 g/mol. The molecule has 0 radical (unpaired) electrons. The minimum Gasteiger partial charge on any atom is -0.480 e. The Balaban J connectivity index is 1.73. The summed E-state index contributed by atoms with van der Waals surface area (Å²) in [5.74, 6) is -1.31. The highest BCUT2D eigenvalue weighted by Crippen LogP contribution is 2.13. The van der Waals surface area contributed by atoms with E-state index in [1.807, 2.05) is 25.1 Å². The number of aryl methyl sites for hydroxylation is 1. The Morgan fingerprint density at radius 2 is 2.00 bits per heavy atom. The molecule has 3 N–H and O–H groups in total. The zero-order valence-corrected chi connectivity index (χ0v) is 14.7. The first kappa shape index (κ1) is 19.4. The third-order valence-corrected chi connectivity index (χ3v) is 4.25. The molecule has 1 aromatic carbocycles. The molecule has 138 valence electrons. The summed E-state index contributed by atoms with van der Waals surface area (Å²) >= 11 is 0. The molecule has 0 unspecified atom stereocenters. The van der Waals surface area contributed by atoms with Crippen molar-refractivity contribution >= 4 is 17.6 Å². The number of benzene rings is 1. The van der Waals surface area contributed by atoms with Crippen LogP contribution in [0.1, 0.15) is 18.4 Å². The van der Waals surface area contributed by atoms with E-state index in [4.69, 9.17) is 4.74 Å². The second-order valence-corrected chi connectivity index (χ2v) is 6.22. The van der Waals surface area contributed by atoms with Gasteiger partial charge >= 0.3 is 5.97 Å². The third-order valence-electron chi connectivity index (χ3n) is 4.25. The summed E-state index contributed by atoms with van der Waals surface area (Å²) in [5, 5.41) is 15.1. The number of nitrogens with zero attached hydrogens (tertiary/aromatic N) is 1. The Bertz CT molecular complexity index is 573. The summed E-state index contributed by atoms with van der Waals surface area (Å²) in [5.41, 5.74) is 1.66. The Kier molecular flexibility index (Phi) is 7.84. The fourth-order valence-corrected chi connectivity index (χ4v) is 2.75. The number of anilines is 1. The Morgan fingerprint density at radius 3 is 2.68 bits per heavy atom. The number of amides is 1. The predicted octanol–water partition coefficient (Wildman–Crippen LogP) is 1.09. The summed E-state index contributed by atoms with van der Waals surface area (Å²) in [6.45, 7) is 6.70. The summed E-state index contributed by atoms with van der Waals surface area (Å²) in [6.07, 6.45) is 0.740. The molecule has 7 heteroatoms. The summed E-state index contributed by atoms with van der Waals surface area (Å²) < 4.78 is 5.30. The summed E-state index contributed by atoms with van der Waals surface area (Å²) in [7, 11) is 0. The topological polar surface area (TPSA) is 90.9 Å². The van der Waals surface area contributed by atoms with Gasteiger partial charge in [-0.05, 0) is 38.1 Å². The van der Waals surface area contributed by atoms with Crippen LogP contribution in [0.2, 0.25) is 0 Å². The highest BCUT2D eigenvalue weighted by molar-refractivity contribution is 5.94. The van der Waals surface area contributed by atoms with Crippen LogP contribution in [0.25, 0.3) is 0 Å². The number of morpholine rings is 1. The van der Waals surface area contributed by atoms with Gasteiger partial charge in [-0.2, -0.15) is 0 Å². The lowest BCUT2D eigenvalue weighted by atomic mass is 10.1. The minimum atomic E-state index is -1.01. The van der Waals surface area contributed by atoms with E-state index in [1.165, 1.54) is 0 Å². The number of ether oxygens (including phenoxy) is 1. The number of hydrogen-bond donors (Lipinski definition) is 3. The lowest BCUT2D eigenvalue weighted by molar-refractivity contribution is -0.141. The maximum absolute atomic E-state index is 12.1. The van der Waals surface area contributed by atoms with Crippen molar-refractivity contribution in [3.63, 3.8) is 0 Å². The van der Waals surface area contributed by atoms with E-state index in [-0.39, 0.29) is 12.3 Å². The fraction of sp³-hybridized carbons (Fsp3) is 0.556. The van der Waals surface area contributed by atoms with Gasteiger partial charge in [-0.25, -0.2) is 0 Å². The summed E-state index contributed by atoms with van der Waals surface area (Å²) in [4.78, 5) is 25.8. The van der Waals surface area contributed by atoms with E-state index in [9.17, 15) is 14.7 Å². The van der Waals surface area contributed by atoms with Gasteiger partial charge in [-0.15, -0.1) is 0 Å². The maximum atomic E-state index is 12.1. The van der Waals surface area contributed by atoms with Crippen LogP contribution < -0.4 is 10.6 Å². The van der Waals surface area contributed by atoms with Gasteiger partial charge in [-0.3, -0.25) is 14.5 Å². The number of hydrogen-bond acceptors (Lipinski definition) is 5. The van der Waals surface area contributed by atoms with Crippen molar-refractivity contribution in [1.82, 2.24) is 10.2 Å². The molecule has 0 bridgehead atoms. The van der Waals surface area contributed by atoms with E-state index in [0.29, 0.717) is 12.2 Å². The summed E-state index contributed by atoms with van der Waals surface area (Å²) in [6, 6.07) is 6.54. The van der Waals surface area contributed by atoms with Gasteiger partial charge in [0.1, 0.15) is 6.04 Å². The molecule has 0 aliphatic carbocycles. The molecule has 2 rings (SSSR count). The molecule has 0 spiro atoms. The Labute approximate surface area is 148 Å². The van der Waals surface area contributed by atoms with Crippen LogP contribution in [0.5, 0.6) is 0 Å². The molecule has 1 atom stereocenters. The molecule has 0 aromatic heterocycles. The van der Waals surface area contributed by atoms with Crippen LogP contribution in [-0.2, 0) is 14.3 Å². The van der Waals surface area contributed by atoms with E-state index >= 15 is 0 Å². The van der Waals surface area contributed by atoms with Crippen molar-refractivity contribution < 1.29 is 19.4 Å². The molecular formula is C18H27N3O4. The first-order valence-electron chi connectivity index (χ1n) is 8.68. The van der Waals surface area contributed by atoms with Crippen molar-refractivity contribution in [2.45, 2.75) is 25.8 Å². The van der Waals surface area contributed by atoms with E-state index in [0.717, 1.165) is 44.8 Å². The minimum absolute atomic E-state index is 0.0960. The zero-order valence-electron chi connectivity index (χ0n) is 14.7. The van der Waals surface area contributed by atoms with E-state index in [2.05, 4.69) is 15.5 Å². The lowest BCUT2D eigenvalue weighted by Crippen LogP contribution is -2.42. The second kappa shape index (κ2) is 10.1. The molecule has 1 aromatic rings. The van der Waals surface area contributed by atoms with Crippen molar-refractivity contribution in [3.8, 4) is 0 Å². The van der Waals surface area contributed by atoms with Crippen LogP contribution >= 0.6 is 0 Å². The van der Waals surface area contributed by atoms with Crippen molar-refractivity contribution in [2.24, 2.45) is 0 Å². The Morgan fingerprint density at radius 1 is 1.28 bits per heavy atom. The van der Waals surface area contributed by atoms with Gasteiger partial charge in [0.25, 0.3) is 0 Å². The van der Waals surface area contributed by atoms with Crippen molar-refractivity contribution in [2.75, 3.05) is 44.7 Å². The highest BCUT2D eigenvalue weighted by atomic mass is 16.5. The number of para-hydroxylation sites is 1. The van der Waals surface area contributed by atoms with Gasteiger partial charge in [0.2, 0.25) is 5.91 Å². The SMILES string of the molecule is Cc1ccccc1NC(=O)C[C@H](NCCCN1CCOCC1)C(=O)O. The fourth-order valence-electron chi connectivity index (χ4n) is 2.75. The highest BCUT2D eigenvalue weighted by Gasteiger charge is 2.21. The maximum Gasteiger partial charge on any atom is 0.321 e. The van der Waals surface area contributed by atoms with E-state index < -0.39 is 12.0 Å². The molecule has 1 amide bonds. The Hall–Kier alpha value is -1.96. The van der Waals surface area contributed by atoms with Crippen LogP contribution in [0.15, 0.2) is 24.3 Å². The number of carboxylic acid groups (broad SMARTS) is 1. The third kappa shape index (κ3) is 6.81.